The molecule has 0 aliphatic heterocycles. The molecule has 2 N–H and O–H groups in total. The van der Waals surface area contributed by atoms with E-state index in [0.717, 1.165) is 17.0 Å². The quantitative estimate of drug-likeness (QED) is 0.572. The third kappa shape index (κ3) is 5.20. The smallest absolute Gasteiger partial charge is 0.261 e. The zero-order valence-corrected chi connectivity index (χ0v) is 18.5. The molecule has 0 saturated carbocycles. The molecule has 9 heteroatoms. The summed E-state index contributed by atoms with van der Waals surface area (Å²) < 4.78 is 29.6. The number of benzene rings is 2. The number of carbonyl (C=O) groups excluding carboxylic acids is 1. The highest BCUT2D eigenvalue weighted by atomic mass is 35.5. The second kappa shape index (κ2) is 8.89. The zero-order valence-electron chi connectivity index (χ0n) is 16.9. The fourth-order valence-electron chi connectivity index (χ4n) is 3.11. The molecule has 0 unspecified atom stereocenters. The van der Waals surface area contributed by atoms with Gasteiger partial charge in [-0.25, -0.2) is 8.42 Å². The van der Waals surface area contributed by atoms with Crippen LogP contribution in [0.25, 0.3) is 0 Å². The van der Waals surface area contributed by atoms with Crippen LogP contribution in [-0.4, -0.2) is 24.1 Å². The monoisotopic (exact) mass is 446 g/mol. The molecule has 30 heavy (non-hydrogen) atoms. The van der Waals surface area contributed by atoms with E-state index in [1.807, 2.05) is 20.9 Å². The molecule has 0 radical (unpaired) electrons. The summed E-state index contributed by atoms with van der Waals surface area (Å²) in [5.41, 5.74) is 3.80. The number of aromatic nitrogens is 2. The van der Waals surface area contributed by atoms with E-state index in [9.17, 15) is 13.2 Å². The lowest BCUT2D eigenvalue weighted by Gasteiger charge is -2.10. The van der Waals surface area contributed by atoms with Crippen LogP contribution in [0, 0.1) is 13.8 Å². The van der Waals surface area contributed by atoms with E-state index in [1.54, 1.807) is 41.1 Å². The number of sulfonamides is 1. The lowest BCUT2D eigenvalue weighted by Crippen LogP contribution is -2.15. The van der Waals surface area contributed by atoms with Gasteiger partial charge in [-0.1, -0.05) is 17.7 Å². The summed E-state index contributed by atoms with van der Waals surface area (Å²) in [7, 11) is -1.93. The predicted octanol–water partition coefficient (Wildman–Crippen LogP) is 4.06. The molecule has 0 aliphatic rings. The van der Waals surface area contributed by atoms with Crippen molar-refractivity contribution in [2.75, 3.05) is 10.0 Å². The van der Waals surface area contributed by atoms with Gasteiger partial charge in [0.25, 0.3) is 10.0 Å². The van der Waals surface area contributed by atoms with Crippen LogP contribution in [0.2, 0.25) is 5.02 Å². The number of aryl methyl sites for hydroxylation is 2. The van der Waals surface area contributed by atoms with E-state index >= 15 is 0 Å². The van der Waals surface area contributed by atoms with Crippen LogP contribution in [-0.2, 0) is 28.3 Å². The van der Waals surface area contributed by atoms with E-state index in [4.69, 9.17) is 11.6 Å². The highest BCUT2D eigenvalue weighted by Gasteiger charge is 2.16. The molecule has 2 aromatic carbocycles. The Balaban J connectivity index is 1.67. The minimum Gasteiger partial charge on any atom is -0.326 e. The molecule has 3 rings (SSSR count). The Morgan fingerprint density at radius 1 is 1.10 bits per heavy atom. The number of carbonyl (C=O) groups is 1. The molecule has 0 bridgehead atoms. The molecule has 7 nitrogen and oxygen atoms in total. The second-order valence-corrected chi connectivity index (χ2v) is 9.08. The molecule has 0 atom stereocenters. The van der Waals surface area contributed by atoms with Gasteiger partial charge >= 0.3 is 0 Å². The maximum absolute atomic E-state index is 12.6. The molecule has 1 heterocycles. The first-order valence-corrected chi connectivity index (χ1v) is 11.2. The Morgan fingerprint density at radius 3 is 2.43 bits per heavy atom. The van der Waals surface area contributed by atoms with Crippen LogP contribution in [0.3, 0.4) is 0 Å². The highest BCUT2D eigenvalue weighted by Crippen LogP contribution is 2.21. The summed E-state index contributed by atoms with van der Waals surface area (Å²) in [6.45, 7) is 3.89. The van der Waals surface area contributed by atoms with Crippen LogP contribution in [0.1, 0.15) is 23.4 Å². The number of nitrogens with one attached hydrogen (secondary N) is 2. The maximum atomic E-state index is 12.6. The van der Waals surface area contributed by atoms with Gasteiger partial charge in [-0.15, -0.1) is 0 Å². The summed E-state index contributed by atoms with van der Waals surface area (Å²) in [5, 5.41) is 7.63. The summed E-state index contributed by atoms with van der Waals surface area (Å²) in [6.07, 6.45) is 0.834. The highest BCUT2D eigenvalue weighted by molar-refractivity contribution is 7.92. The van der Waals surface area contributed by atoms with Crippen molar-refractivity contribution in [3.05, 3.63) is 70.5 Å². The Labute approximate surface area is 181 Å². The molecule has 0 saturated heterocycles. The van der Waals surface area contributed by atoms with Gasteiger partial charge in [0, 0.05) is 35.6 Å². The third-order valence-corrected chi connectivity index (χ3v) is 6.42. The number of hydrogen-bond acceptors (Lipinski definition) is 4. The van der Waals surface area contributed by atoms with Crippen molar-refractivity contribution in [3.63, 3.8) is 0 Å². The van der Waals surface area contributed by atoms with Crippen LogP contribution < -0.4 is 10.0 Å². The maximum Gasteiger partial charge on any atom is 0.261 e. The Hall–Kier alpha value is -2.84. The van der Waals surface area contributed by atoms with Gasteiger partial charge in [0.2, 0.25) is 5.91 Å². The summed E-state index contributed by atoms with van der Waals surface area (Å²) in [5.74, 6) is -0.196. The first-order valence-electron chi connectivity index (χ1n) is 9.33. The molecule has 3 aromatic rings. The van der Waals surface area contributed by atoms with Crippen LogP contribution in [0.5, 0.6) is 0 Å². The second-order valence-electron chi connectivity index (χ2n) is 6.96. The number of hydrogen-bond donors (Lipinski definition) is 2. The van der Waals surface area contributed by atoms with E-state index in [2.05, 4.69) is 15.1 Å². The minimum atomic E-state index is -3.80. The minimum absolute atomic E-state index is 0.0502. The number of rotatable bonds is 7. The van der Waals surface area contributed by atoms with Gasteiger partial charge in [-0.2, -0.15) is 5.10 Å². The van der Waals surface area contributed by atoms with Gasteiger partial charge in [-0.05, 0) is 68.3 Å². The van der Waals surface area contributed by atoms with Crippen molar-refractivity contribution in [2.24, 2.45) is 7.05 Å². The van der Waals surface area contributed by atoms with Crippen molar-refractivity contribution in [1.82, 2.24) is 9.78 Å². The molecule has 0 fully saturated rings. The number of anilines is 2. The number of halogens is 1. The van der Waals surface area contributed by atoms with Gasteiger partial charge in [0.05, 0.1) is 10.6 Å². The molecular weight excluding hydrogens is 424 g/mol. The number of amides is 1. The lowest BCUT2D eigenvalue weighted by molar-refractivity contribution is -0.116. The largest absolute Gasteiger partial charge is 0.326 e. The first-order chi connectivity index (χ1) is 14.2. The summed E-state index contributed by atoms with van der Waals surface area (Å²) in [4.78, 5) is 12.4. The fourth-order valence-corrected chi connectivity index (χ4v) is 4.34. The number of nitrogens with zero attached hydrogens (tertiary/aromatic N) is 2. The van der Waals surface area contributed by atoms with Crippen molar-refractivity contribution in [2.45, 2.75) is 31.6 Å². The van der Waals surface area contributed by atoms with E-state index in [1.165, 1.54) is 12.1 Å². The predicted molar refractivity (Wildman–Crippen MR) is 118 cm³/mol. The van der Waals surface area contributed by atoms with Crippen molar-refractivity contribution < 1.29 is 13.2 Å². The van der Waals surface area contributed by atoms with Crippen molar-refractivity contribution in [1.29, 1.82) is 0 Å². The topological polar surface area (TPSA) is 93.1 Å². The average Bonchev–Trinajstić information content (AvgIpc) is 2.93. The Kier molecular flexibility index (Phi) is 6.48. The SMILES string of the molecule is Cc1nn(C)c(C)c1CCC(=O)Nc1cccc(S(=O)(=O)Nc2ccc(Cl)cc2)c1. The molecule has 0 aliphatic carbocycles. The van der Waals surface area contributed by atoms with Crippen LogP contribution >= 0.6 is 11.6 Å². The average molecular weight is 447 g/mol. The van der Waals surface area contributed by atoms with Crippen molar-refractivity contribution in [3.8, 4) is 0 Å². The zero-order chi connectivity index (χ0) is 21.9. The lowest BCUT2D eigenvalue weighted by atomic mass is 10.1. The summed E-state index contributed by atoms with van der Waals surface area (Å²) >= 11 is 5.83. The molecule has 1 amide bonds. The molecule has 158 valence electrons. The first kappa shape index (κ1) is 21.9. The standard InChI is InChI=1S/C21H23ClN4O3S/c1-14-20(15(2)26(3)24-14)11-12-21(27)23-18-5-4-6-19(13-18)30(28,29)25-17-9-7-16(22)8-10-17/h4-10,13,25H,11-12H2,1-3H3,(H,23,27). The Morgan fingerprint density at radius 2 is 1.80 bits per heavy atom. The van der Waals surface area contributed by atoms with Crippen molar-refractivity contribution >= 4 is 38.9 Å². The summed E-state index contributed by atoms with van der Waals surface area (Å²) in [6, 6.07) is 12.5. The third-order valence-electron chi connectivity index (χ3n) is 4.79. The fraction of sp³-hybridized carbons (Fsp3) is 0.238. The van der Waals surface area contributed by atoms with Gasteiger partial charge in [-0.3, -0.25) is 14.2 Å². The van der Waals surface area contributed by atoms with Gasteiger partial charge in [0.1, 0.15) is 0 Å². The van der Waals surface area contributed by atoms with E-state index < -0.39 is 10.0 Å². The van der Waals surface area contributed by atoms with E-state index in [0.29, 0.717) is 22.8 Å². The van der Waals surface area contributed by atoms with Crippen LogP contribution in [0.4, 0.5) is 11.4 Å². The molecule has 1 aromatic heterocycles. The van der Waals surface area contributed by atoms with Gasteiger partial charge < -0.3 is 5.32 Å². The Bertz CT molecular complexity index is 1170. The normalized spacial score (nSPS) is 11.3. The van der Waals surface area contributed by atoms with Crippen LogP contribution in [0.15, 0.2) is 53.4 Å². The molecular formula is C21H23ClN4O3S. The van der Waals surface area contributed by atoms with E-state index in [-0.39, 0.29) is 17.2 Å². The molecule has 0 spiro atoms. The van der Waals surface area contributed by atoms with Gasteiger partial charge in [0.15, 0.2) is 0 Å².